The fourth-order valence-corrected chi connectivity index (χ4v) is 3.50. The lowest BCUT2D eigenvalue weighted by molar-refractivity contribution is -0.119. The van der Waals surface area contributed by atoms with Gasteiger partial charge in [0.2, 0.25) is 5.91 Å². The highest BCUT2D eigenvalue weighted by atomic mass is 32.1. The molecule has 2 amide bonds. The van der Waals surface area contributed by atoms with Gasteiger partial charge in [0.05, 0.1) is 18.7 Å². The van der Waals surface area contributed by atoms with Gasteiger partial charge in [-0.25, -0.2) is 4.98 Å². The van der Waals surface area contributed by atoms with E-state index in [1.54, 1.807) is 31.4 Å². The van der Waals surface area contributed by atoms with Gasteiger partial charge in [-0.15, -0.1) is 11.3 Å². The van der Waals surface area contributed by atoms with Crippen molar-refractivity contribution in [2.45, 2.75) is 18.8 Å². The van der Waals surface area contributed by atoms with Gasteiger partial charge in [0, 0.05) is 10.4 Å². The summed E-state index contributed by atoms with van der Waals surface area (Å²) in [5.74, 6) is -0.255. The number of fused-ring (bicyclic) bond motifs is 1. The number of aromatic nitrogens is 1. The van der Waals surface area contributed by atoms with Crippen molar-refractivity contribution in [1.29, 1.82) is 0 Å². The highest BCUT2D eigenvalue weighted by Gasteiger charge is 2.31. The van der Waals surface area contributed by atoms with Gasteiger partial charge >= 0.3 is 0 Å². The molecule has 0 fully saturated rings. The molecule has 0 saturated heterocycles. The Kier molecular flexibility index (Phi) is 3.81. The summed E-state index contributed by atoms with van der Waals surface area (Å²) in [7, 11) is 1.57. The fraction of sp³-hybridized carbons (Fsp3) is 0.267. The van der Waals surface area contributed by atoms with Gasteiger partial charge in [-0.2, -0.15) is 0 Å². The van der Waals surface area contributed by atoms with Gasteiger partial charge < -0.3 is 10.5 Å². The van der Waals surface area contributed by atoms with Crippen molar-refractivity contribution in [2.75, 3.05) is 12.4 Å². The van der Waals surface area contributed by atoms with Crippen LogP contribution < -0.4 is 15.8 Å². The van der Waals surface area contributed by atoms with E-state index in [1.807, 2.05) is 0 Å². The molecule has 1 aliphatic carbocycles. The lowest BCUT2D eigenvalue weighted by Crippen LogP contribution is -2.20. The third-order valence-electron chi connectivity index (χ3n) is 3.63. The molecule has 3 rings (SSSR count). The van der Waals surface area contributed by atoms with Crippen molar-refractivity contribution in [2.24, 2.45) is 5.73 Å². The van der Waals surface area contributed by atoms with Gasteiger partial charge in [-0.05, 0) is 37.1 Å². The van der Waals surface area contributed by atoms with Gasteiger partial charge in [-0.1, -0.05) is 0 Å². The molecule has 0 radical (unpaired) electrons. The van der Waals surface area contributed by atoms with Crippen LogP contribution in [0.5, 0.6) is 5.75 Å². The average molecular weight is 317 g/mol. The zero-order valence-electron chi connectivity index (χ0n) is 12.0. The van der Waals surface area contributed by atoms with E-state index in [9.17, 15) is 9.59 Å². The number of hydrogen-bond donors (Lipinski definition) is 2. The summed E-state index contributed by atoms with van der Waals surface area (Å²) < 4.78 is 5.06. The number of carbonyl (C=O) groups excluding carboxylic acids is 2. The number of aryl methyl sites for hydroxylation is 1. The highest BCUT2D eigenvalue weighted by Crippen LogP contribution is 2.38. The average Bonchev–Trinajstić information content (AvgIpc) is 3.06. The second-order valence-corrected chi connectivity index (χ2v) is 6.09. The molecule has 0 aliphatic heterocycles. The molecular formula is C15H15N3O3S. The summed E-state index contributed by atoms with van der Waals surface area (Å²) in [4.78, 5) is 28.9. The van der Waals surface area contributed by atoms with Crippen molar-refractivity contribution in [1.82, 2.24) is 4.98 Å². The van der Waals surface area contributed by atoms with Crippen molar-refractivity contribution >= 4 is 28.3 Å². The quantitative estimate of drug-likeness (QED) is 0.900. The molecule has 1 aliphatic rings. The van der Waals surface area contributed by atoms with E-state index in [4.69, 9.17) is 10.5 Å². The Morgan fingerprint density at radius 1 is 1.36 bits per heavy atom. The normalized spacial score (nSPS) is 16.1. The number of methoxy groups -OCH3 is 1. The van der Waals surface area contributed by atoms with Crippen LogP contribution in [0, 0.1) is 0 Å². The summed E-state index contributed by atoms with van der Waals surface area (Å²) >= 11 is 1.40. The van der Waals surface area contributed by atoms with Gasteiger partial charge in [0.15, 0.2) is 5.13 Å². The first-order chi connectivity index (χ1) is 10.6. The maximum Gasteiger partial charge on any atom is 0.257 e. The Hall–Kier alpha value is -2.41. The number of amides is 2. The van der Waals surface area contributed by atoms with Crippen LogP contribution in [0.4, 0.5) is 5.13 Å². The molecule has 1 aromatic heterocycles. The number of ether oxygens (including phenoxy) is 1. The van der Waals surface area contributed by atoms with E-state index in [-0.39, 0.29) is 17.7 Å². The SMILES string of the molecule is COc1ccc(C(=O)Nc2nc3c(s2)CC[C@@H]3C(N)=O)cc1. The summed E-state index contributed by atoms with van der Waals surface area (Å²) in [6, 6.07) is 6.81. The predicted octanol–water partition coefficient (Wildman–Crippen LogP) is 1.92. The maximum absolute atomic E-state index is 12.2. The van der Waals surface area contributed by atoms with Crippen LogP contribution in [0.25, 0.3) is 0 Å². The molecule has 3 N–H and O–H groups in total. The number of rotatable bonds is 4. The van der Waals surface area contributed by atoms with Crippen molar-refractivity contribution in [3.8, 4) is 5.75 Å². The summed E-state index contributed by atoms with van der Waals surface area (Å²) in [6.45, 7) is 0. The zero-order valence-corrected chi connectivity index (χ0v) is 12.8. The number of carbonyl (C=O) groups is 2. The van der Waals surface area contributed by atoms with E-state index in [0.717, 1.165) is 11.3 Å². The minimum absolute atomic E-state index is 0.245. The maximum atomic E-state index is 12.2. The standard InChI is InChI=1S/C15H15N3O3S/c1-21-9-4-2-8(3-5-9)14(20)18-15-17-12-10(13(16)19)6-7-11(12)22-15/h2-5,10H,6-7H2,1H3,(H2,16,19)(H,17,18,20)/t10-/m0/s1. The highest BCUT2D eigenvalue weighted by molar-refractivity contribution is 7.16. The van der Waals surface area contributed by atoms with E-state index >= 15 is 0 Å². The smallest absolute Gasteiger partial charge is 0.257 e. The van der Waals surface area contributed by atoms with Gasteiger partial charge in [-0.3, -0.25) is 14.9 Å². The third-order valence-corrected chi connectivity index (χ3v) is 4.68. The number of hydrogen-bond acceptors (Lipinski definition) is 5. The fourth-order valence-electron chi connectivity index (χ4n) is 2.47. The molecule has 6 nitrogen and oxygen atoms in total. The Balaban J connectivity index is 1.75. The molecule has 0 saturated carbocycles. The lowest BCUT2D eigenvalue weighted by atomic mass is 10.1. The summed E-state index contributed by atoms with van der Waals surface area (Å²) in [6.07, 6.45) is 1.48. The summed E-state index contributed by atoms with van der Waals surface area (Å²) in [5.41, 5.74) is 6.59. The Morgan fingerprint density at radius 2 is 2.09 bits per heavy atom. The van der Waals surface area contributed by atoms with Crippen molar-refractivity contribution in [3.05, 3.63) is 40.4 Å². The number of nitrogens with two attached hydrogens (primary N) is 1. The molecule has 2 aromatic rings. The van der Waals surface area contributed by atoms with Crippen LogP contribution in [0.1, 0.15) is 33.3 Å². The molecule has 0 bridgehead atoms. The van der Waals surface area contributed by atoms with Crippen LogP contribution >= 0.6 is 11.3 Å². The van der Waals surface area contributed by atoms with Crippen LogP contribution in [-0.2, 0) is 11.2 Å². The first-order valence-electron chi connectivity index (χ1n) is 6.83. The molecule has 7 heteroatoms. The largest absolute Gasteiger partial charge is 0.497 e. The molecule has 0 spiro atoms. The molecule has 1 heterocycles. The Bertz CT molecular complexity index is 724. The van der Waals surface area contributed by atoms with Gasteiger partial charge in [0.25, 0.3) is 5.91 Å². The first-order valence-corrected chi connectivity index (χ1v) is 7.64. The zero-order chi connectivity index (χ0) is 15.7. The van der Waals surface area contributed by atoms with Gasteiger partial charge in [0.1, 0.15) is 5.75 Å². The monoisotopic (exact) mass is 317 g/mol. The molecular weight excluding hydrogens is 302 g/mol. The first kappa shape index (κ1) is 14.5. The van der Waals surface area contributed by atoms with Crippen LogP contribution in [0.15, 0.2) is 24.3 Å². The molecule has 114 valence electrons. The molecule has 22 heavy (non-hydrogen) atoms. The van der Waals surface area contributed by atoms with E-state index < -0.39 is 0 Å². The number of nitrogens with zero attached hydrogens (tertiary/aromatic N) is 1. The van der Waals surface area contributed by atoms with Crippen LogP contribution in [-0.4, -0.2) is 23.9 Å². The number of nitrogens with one attached hydrogen (secondary N) is 1. The number of thiazole rings is 1. The minimum Gasteiger partial charge on any atom is -0.497 e. The third kappa shape index (κ3) is 2.67. The van der Waals surface area contributed by atoms with Crippen molar-refractivity contribution < 1.29 is 14.3 Å². The molecule has 1 aromatic carbocycles. The van der Waals surface area contributed by atoms with Crippen molar-refractivity contribution in [3.63, 3.8) is 0 Å². The van der Waals surface area contributed by atoms with E-state index in [1.165, 1.54) is 11.3 Å². The van der Waals surface area contributed by atoms with Crippen LogP contribution in [0.3, 0.4) is 0 Å². The lowest BCUT2D eigenvalue weighted by Gasteiger charge is -2.05. The predicted molar refractivity (Wildman–Crippen MR) is 83.3 cm³/mol. The second-order valence-electron chi connectivity index (χ2n) is 5.00. The number of benzene rings is 1. The van der Waals surface area contributed by atoms with Crippen LogP contribution in [0.2, 0.25) is 0 Å². The number of anilines is 1. The Labute approximate surface area is 131 Å². The topological polar surface area (TPSA) is 94.3 Å². The van der Waals surface area contributed by atoms with E-state index in [0.29, 0.717) is 28.6 Å². The number of primary amides is 1. The summed E-state index contributed by atoms with van der Waals surface area (Å²) in [5, 5.41) is 3.26. The second kappa shape index (κ2) is 5.76. The Morgan fingerprint density at radius 3 is 2.73 bits per heavy atom. The molecule has 1 atom stereocenters. The minimum atomic E-state index is -0.364. The van der Waals surface area contributed by atoms with E-state index in [2.05, 4.69) is 10.3 Å². The molecule has 0 unspecified atom stereocenters.